The molecule has 1 aliphatic heterocycles. The molecule has 0 spiro atoms. The van der Waals surface area contributed by atoms with Crippen molar-refractivity contribution >= 4 is 12.3 Å². The average molecular weight is 242 g/mol. The Hall–Kier alpha value is -1.06. The number of aliphatic carboxylic acids is 1. The van der Waals surface area contributed by atoms with E-state index in [0.29, 0.717) is 0 Å². The maximum absolute atomic E-state index is 8.89. The monoisotopic (exact) mass is 242 g/mol. The van der Waals surface area contributed by atoms with Crippen LogP contribution in [0, 0.1) is 0 Å². The van der Waals surface area contributed by atoms with Gasteiger partial charge in [-0.15, -0.1) is 0 Å². The van der Waals surface area contributed by atoms with Crippen molar-refractivity contribution in [2.75, 3.05) is 26.2 Å². The number of carboxylic acid groups (broad SMARTS) is 1. The molecule has 0 aromatic heterocycles. The normalized spacial score (nSPS) is 14.1. The van der Waals surface area contributed by atoms with Crippen LogP contribution in [0.1, 0.15) is 46.5 Å². The predicted molar refractivity (Wildman–Crippen MR) is 68.1 cm³/mol. The maximum atomic E-state index is 8.89. The van der Waals surface area contributed by atoms with Crippen LogP contribution in [-0.4, -0.2) is 48.0 Å². The van der Waals surface area contributed by atoms with Crippen molar-refractivity contribution < 1.29 is 14.5 Å². The molecule has 4 nitrogen and oxygen atoms in total. The van der Waals surface area contributed by atoms with Crippen LogP contribution in [0.25, 0.3) is 0 Å². The molecule has 100 valence electrons. The fourth-order valence-corrected chi connectivity index (χ4v) is 1.66. The molecular weight excluding hydrogens is 216 g/mol. The number of rotatable bonds is 6. The predicted octanol–water partition coefficient (Wildman–Crippen LogP) is 0.699. The van der Waals surface area contributed by atoms with Crippen molar-refractivity contribution in [3.05, 3.63) is 0 Å². The number of hydrogen-bond acceptors (Lipinski definition) is 3. The van der Waals surface area contributed by atoms with Gasteiger partial charge in [0.25, 0.3) is 0 Å². The highest BCUT2D eigenvalue weighted by atomic mass is 16.4. The van der Waals surface area contributed by atoms with Gasteiger partial charge in [-0.05, 0) is 19.8 Å². The summed E-state index contributed by atoms with van der Waals surface area (Å²) in [5.41, 5.74) is 0. The number of carbonyl (C=O) groups is 1. The lowest BCUT2D eigenvalue weighted by molar-refractivity contribution is -0.514. The summed E-state index contributed by atoms with van der Waals surface area (Å²) in [6.07, 6.45) is 7.60. The molecule has 0 bridgehead atoms. The molecule has 1 heterocycles. The van der Waals surface area contributed by atoms with Gasteiger partial charge in [0.15, 0.2) is 0 Å². The minimum atomic E-state index is -1.08. The number of carboxylic acids is 1. The second kappa shape index (κ2) is 10.1. The molecule has 1 aliphatic rings. The second-order valence-corrected chi connectivity index (χ2v) is 4.39. The van der Waals surface area contributed by atoms with Crippen molar-refractivity contribution in [3.63, 3.8) is 0 Å². The first kappa shape index (κ1) is 15.9. The molecule has 0 N–H and O–H groups in total. The Morgan fingerprint density at radius 2 is 1.94 bits per heavy atom. The van der Waals surface area contributed by atoms with E-state index < -0.39 is 5.97 Å². The van der Waals surface area contributed by atoms with Crippen molar-refractivity contribution in [1.29, 1.82) is 0 Å². The zero-order valence-corrected chi connectivity index (χ0v) is 11.4. The Labute approximate surface area is 105 Å². The number of carbonyl (C=O) groups excluding carboxylic acids is 1. The zero-order chi connectivity index (χ0) is 13.1. The van der Waals surface area contributed by atoms with E-state index in [1.54, 1.807) is 0 Å². The molecular formula is C13H26N2O2. The summed E-state index contributed by atoms with van der Waals surface area (Å²) in [6, 6.07) is 0. The van der Waals surface area contributed by atoms with Crippen LogP contribution in [0.15, 0.2) is 0 Å². The summed E-state index contributed by atoms with van der Waals surface area (Å²) >= 11 is 0. The number of nitrogens with zero attached hydrogens (tertiary/aromatic N) is 2. The van der Waals surface area contributed by atoms with E-state index >= 15 is 0 Å². The minimum absolute atomic E-state index is 0.972. The van der Waals surface area contributed by atoms with Crippen LogP contribution in [0.2, 0.25) is 0 Å². The van der Waals surface area contributed by atoms with Gasteiger partial charge < -0.3 is 9.90 Å². The Morgan fingerprint density at radius 1 is 1.35 bits per heavy atom. The van der Waals surface area contributed by atoms with Gasteiger partial charge in [0.2, 0.25) is 6.34 Å². The van der Waals surface area contributed by atoms with Gasteiger partial charge in [-0.2, -0.15) is 0 Å². The van der Waals surface area contributed by atoms with Crippen molar-refractivity contribution in [2.45, 2.75) is 46.5 Å². The van der Waals surface area contributed by atoms with Gasteiger partial charge >= 0.3 is 0 Å². The SMILES string of the molecule is CC(=O)[O-].CCCCN1C=[N+](CCCC)CC1. The fraction of sp³-hybridized carbons (Fsp3) is 0.846. The molecule has 0 fully saturated rings. The van der Waals surface area contributed by atoms with Crippen molar-refractivity contribution in [2.24, 2.45) is 0 Å². The van der Waals surface area contributed by atoms with Gasteiger partial charge in [0, 0.05) is 5.97 Å². The molecule has 0 aliphatic carbocycles. The lowest BCUT2D eigenvalue weighted by Crippen LogP contribution is -2.20. The quantitative estimate of drug-likeness (QED) is 0.644. The van der Waals surface area contributed by atoms with Gasteiger partial charge in [-0.3, -0.25) is 9.48 Å². The largest absolute Gasteiger partial charge is 0.550 e. The lowest BCUT2D eigenvalue weighted by atomic mass is 10.3. The highest BCUT2D eigenvalue weighted by Gasteiger charge is 2.17. The first-order valence-electron chi connectivity index (χ1n) is 6.60. The fourth-order valence-electron chi connectivity index (χ4n) is 1.66. The summed E-state index contributed by atoms with van der Waals surface area (Å²) in [7, 11) is 0. The van der Waals surface area contributed by atoms with E-state index in [0.717, 1.165) is 6.92 Å². The molecule has 0 radical (unpaired) electrons. The Bertz CT molecular complexity index is 236. The maximum Gasteiger partial charge on any atom is 0.234 e. The zero-order valence-electron chi connectivity index (χ0n) is 11.4. The van der Waals surface area contributed by atoms with Crippen molar-refractivity contribution in [3.8, 4) is 0 Å². The first-order chi connectivity index (χ1) is 8.10. The van der Waals surface area contributed by atoms with Crippen LogP contribution in [0.3, 0.4) is 0 Å². The van der Waals surface area contributed by atoms with E-state index in [4.69, 9.17) is 9.90 Å². The third-order valence-electron chi connectivity index (χ3n) is 2.60. The topological polar surface area (TPSA) is 46.4 Å². The summed E-state index contributed by atoms with van der Waals surface area (Å²) in [5, 5.41) is 8.89. The van der Waals surface area contributed by atoms with E-state index in [2.05, 4.69) is 29.7 Å². The minimum Gasteiger partial charge on any atom is -0.550 e. The molecule has 0 saturated heterocycles. The summed E-state index contributed by atoms with van der Waals surface area (Å²) in [5.74, 6) is -1.08. The second-order valence-electron chi connectivity index (χ2n) is 4.39. The summed E-state index contributed by atoms with van der Waals surface area (Å²) in [4.78, 5) is 11.3. The Morgan fingerprint density at radius 3 is 2.47 bits per heavy atom. The average Bonchev–Trinajstić information content (AvgIpc) is 2.70. The van der Waals surface area contributed by atoms with Crippen LogP contribution < -0.4 is 5.11 Å². The highest BCUT2D eigenvalue weighted by molar-refractivity contribution is 5.60. The molecule has 0 aromatic carbocycles. The van der Waals surface area contributed by atoms with E-state index in [-0.39, 0.29) is 0 Å². The number of unbranched alkanes of at least 4 members (excludes halogenated alkanes) is 2. The highest BCUT2D eigenvalue weighted by Crippen LogP contribution is 1.99. The molecule has 4 heteroatoms. The third kappa shape index (κ3) is 9.85. The Balaban J connectivity index is 0.000000557. The number of hydrogen-bond donors (Lipinski definition) is 0. The molecule has 0 atom stereocenters. The Kier molecular flexibility index (Phi) is 9.49. The van der Waals surface area contributed by atoms with Crippen LogP contribution in [-0.2, 0) is 4.79 Å². The third-order valence-corrected chi connectivity index (χ3v) is 2.60. The molecule has 0 unspecified atom stereocenters. The smallest absolute Gasteiger partial charge is 0.234 e. The van der Waals surface area contributed by atoms with Crippen LogP contribution in [0.5, 0.6) is 0 Å². The summed E-state index contributed by atoms with van der Waals surface area (Å²) < 4.78 is 2.46. The molecule has 0 saturated carbocycles. The van der Waals surface area contributed by atoms with Gasteiger partial charge in [0.1, 0.15) is 13.1 Å². The molecule has 0 aromatic rings. The molecule has 0 amide bonds. The van der Waals surface area contributed by atoms with Gasteiger partial charge in [-0.25, -0.2) is 0 Å². The van der Waals surface area contributed by atoms with Crippen LogP contribution in [0.4, 0.5) is 0 Å². The standard InChI is InChI=1S/C11H23N2.C2H4O2/c1-3-5-7-12-9-10-13(11-12)8-6-4-2;1-2(3)4/h11H,3-10H2,1-2H3;1H3,(H,3,4)/q+1;/p-1. The molecule has 17 heavy (non-hydrogen) atoms. The molecule has 1 rings (SSSR count). The van der Waals surface area contributed by atoms with E-state index in [1.165, 1.54) is 51.9 Å². The van der Waals surface area contributed by atoms with Gasteiger partial charge in [-0.1, -0.05) is 26.7 Å². The lowest BCUT2D eigenvalue weighted by Gasteiger charge is -2.03. The van der Waals surface area contributed by atoms with E-state index in [9.17, 15) is 0 Å². The first-order valence-corrected chi connectivity index (χ1v) is 6.60. The van der Waals surface area contributed by atoms with Crippen LogP contribution >= 0.6 is 0 Å². The summed E-state index contributed by atoms with van der Waals surface area (Å²) in [6.45, 7) is 10.5. The van der Waals surface area contributed by atoms with Crippen molar-refractivity contribution in [1.82, 2.24) is 4.90 Å². The van der Waals surface area contributed by atoms with Gasteiger partial charge in [0.05, 0.1) is 13.1 Å². The van der Waals surface area contributed by atoms with E-state index in [1.807, 2.05) is 0 Å².